The first-order valence-electron chi connectivity index (χ1n) is 7.60. The van der Waals surface area contributed by atoms with Gasteiger partial charge in [0.05, 0.1) is 4.90 Å². The molecule has 4 nitrogen and oxygen atoms in total. The van der Waals surface area contributed by atoms with Crippen molar-refractivity contribution in [3.05, 3.63) is 29.8 Å². The van der Waals surface area contributed by atoms with E-state index in [1.54, 1.807) is 12.1 Å². The normalized spacial score (nSPS) is 18.7. The van der Waals surface area contributed by atoms with Gasteiger partial charge in [0.25, 0.3) is 0 Å². The maximum absolute atomic E-state index is 12.5. The van der Waals surface area contributed by atoms with Crippen LogP contribution in [0.2, 0.25) is 0 Å². The molecule has 0 saturated heterocycles. The monoisotopic (exact) mass is 310 g/mol. The van der Waals surface area contributed by atoms with Gasteiger partial charge in [-0.1, -0.05) is 26.0 Å². The molecule has 1 atom stereocenters. The van der Waals surface area contributed by atoms with Crippen molar-refractivity contribution in [1.82, 2.24) is 4.72 Å². The van der Waals surface area contributed by atoms with Gasteiger partial charge in [0.1, 0.15) is 0 Å². The number of benzene rings is 1. The maximum Gasteiger partial charge on any atom is 0.241 e. The van der Waals surface area contributed by atoms with Gasteiger partial charge in [-0.3, -0.25) is 0 Å². The molecule has 118 valence electrons. The second-order valence-corrected chi connectivity index (χ2v) is 8.43. The summed E-state index contributed by atoms with van der Waals surface area (Å²) in [7, 11) is -3.51. The van der Waals surface area contributed by atoms with Crippen LogP contribution in [0.25, 0.3) is 0 Å². The molecule has 0 heterocycles. The highest BCUT2D eigenvalue weighted by molar-refractivity contribution is 7.89. The van der Waals surface area contributed by atoms with Crippen molar-refractivity contribution in [2.24, 2.45) is 17.6 Å². The number of hydrogen-bond acceptors (Lipinski definition) is 3. The smallest absolute Gasteiger partial charge is 0.241 e. The number of sulfonamides is 1. The fourth-order valence-electron chi connectivity index (χ4n) is 2.65. The van der Waals surface area contributed by atoms with E-state index in [0.717, 1.165) is 24.8 Å². The highest BCUT2D eigenvalue weighted by Crippen LogP contribution is 2.39. The van der Waals surface area contributed by atoms with Crippen LogP contribution in [0, 0.1) is 11.8 Å². The van der Waals surface area contributed by atoms with Gasteiger partial charge >= 0.3 is 0 Å². The largest absolute Gasteiger partial charge is 0.329 e. The molecule has 0 radical (unpaired) electrons. The summed E-state index contributed by atoms with van der Waals surface area (Å²) in [6.45, 7) is 6.51. The predicted molar refractivity (Wildman–Crippen MR) is 85.5 cm³/mol. The summed E-state index contributed by atoms with van der Waals surface area (Å²) in [5.74, 6) is 0.915. The van der Waals surface area contributed by atoms with Crippen molar-refractivity contribution in [3.63, 3.8) is 0 Å². The zero-order valence-corrected chi connectivity index (χ0v) is 13.9. The first-order chi connectivity index (χ1) is 9.77. The molecule has 21 heavy (non-hydrogen) atoms. The Labute approximate surface area is 128 Å². The van der Waals surface area contributed by atoms with Crippen molar-refractivity contribution in [2.45, 2.75) is 50.5 Å². The molecule has 1 aromatic carbocycles. The number of rotatable bonds is 7. The SMILES string of the molecule is CC(C)Cc1ccc(S(=O)(=O)NC(C)(CN)C2CC2)cc1. The average molecular weight is 310 g/mol. The minimum atomic E-state index is -3.51. The van der Waals surface area contributed by atoms with Gasteiger partial charge in [0.15, 0.2) is 0 Å². The van der Waals surface area contributed by atoms with E-state index in [-0.39, 0.29) is 0 Å². The summed E-state index contributed by atoms with van der Waals surface area (Å²) < 4.78 is 27.8. The Morgan fingerprint density at radius 2 is 1.86 bits per heavy atom. The molecule has 2 rings (SSSR count). The quantitative estimate of drug-likeness (QED) is 0.811. The Bertz CT molecular complexity index is 577. The molecule has 0 spiro atoms. The van der Waals surface area contributed by atoms with E-state index in [1.165, 1.54) is 0 Å². The lowest BCUT2D eigenvalue weighted by Crippen LogP contribution is -2.52. The summed E-state index contributed by atoms with van der Waals surface area (Å²) in [6.07, 6.45) is 3.05. The standard InChI is InChI=1S/C16H26N2O2S/c1-12(2)10-13-4-8-15(9-5-13)21(19,20)18-16(3,11-17)14-6-7-14/h4-5,8-9,12,14,18H,6-7,10-11,17H2,1-3H3. The molecule has 1 saturated carbocycles. The molecular formula is C16H26N2O2S. The van der Waals surface area contributed by atoms with Gasteiger partial charge in [-0.15, -0.1) is 0 Å². The molecule has 0 aliphatic heterocycles. The fourth-order valence-corrected chi connectivity index (χ4v) is 4.13. The minimum absolute atomic E-state index is 0.315. The number of nitrogens with two attached hydrogens (primary N) is 1. The lowest BCUT2D eigenvalue weighted by Gasteiger charge is -2.29. The second-order valence-electron chi connectivity index (χ2n) is 6.74. The second kappa shape index (κ2) is 6.07. The summed E-state index contributed by atoms with van der Waals surface area (Å²) >= 11 is 0. The zero-order chi connectivity index (χ0) is 15.7. The van der Waals surface area contributed by atoms with Crippen molar-refractivity contribution in [2.75, 3.05) is 6.54 Å². The molecular weight excluding hydrogens is 284 g/mol. The Hall–Kier alpha value is -0.910. The van der Waals surface area contributed by atoms with Crippen molar-refractivity contribution in [3.8, 4) is 0 Å². The molecule has 3 N–H and O–H groups in total. The van der Waals surface area contributed by atoms with Crippen LogP contribution >= 0.6 is 0 Å². The van der Waals surface area contributed by atoms with Crippen LogP contribution in [-0.2, 0) is 16.4 Å². The summed E-state index contributed by atoms with van der Waals surface area (Å²) in [6, 6.07) is 7.16. The van der Waals surface area contributed by atoms with E-state index in [2.05, 4.69) is 18.6 Å². The van der Waals surface area contributed by atoms with E-state index < -0.39 is 15.6 Å². The highest BCUT2D eigenvalue weighted by atomic mass is 32.2. The van der Waals surface area contributed by atoms with Crippen molar-refractivity contribution in [1.29, 1.82) is 0 Å². The third-order valence-corrected chi connectivity index (χ3v) is 5.78. The third-order valence-electron chi connectivity index (χ3n) is 4.15. The Kier molecular flexibility index (Phi) is 4.76. The maximum atomic E-state index is 12.5. The third kappa shape index (κ3) is 4.05. The van der Waals surface area contributed by atoms with E-state index >= 15 is 0 Å². The number of nitrogens with one attached hydrogen (secondary N) is 1. The first-order valence-corrected chi connectivity index (χ1v) is 9.08. The van der Waals surface area contributed by atoms with Gasteiger partial charge in [0.2, 0.25) is 10.0 Å². The van der Waals surface area contributed by atoms with Crippen LogP contribution in [0.15, 0.2) is 29.2 Å². The van der Waals surface area contributed by atoms with E-state index in [0.29, 0.717) is 23.3 Å². The molecule has 1 aliphatic carbocycles. The van der Waals surface area contributed by atoms with Crippen LogP contribution in [0.5, 0.6) is 0 Å². The summed E-state index contributed by atoms with van der Waals surface area (Å²) in [4.78, 5) is 0.315. The molecule has 1 aliphatic rings. The number of hydrogen-bond donors (Lipinski definition) is 2. The van der Waals surface area contributed by atoms with Crippen molar-refractivity contribution >= 4 is 10.0 Å². The molecule has 1 unspecified atom stereocenters. The predicted octanol–water partition coefficient (Wildman–Crippen LogP) is 2.29. The molecule has 0 bridgehead atoms. The van der Waals surface area contributed by atoms with Crippen LogP contribution in [0.3, 0.4) is 0 Å². The van der Waals surface area contributed by atoms with Gasteiger partial charge in [0, 0.05) is 12.1 Å². The van der Waals surface area contributed by atoms with Crippen LogP contribution in [0.1, 0.15) is 39.2 Å². The minimum Gasteiger partial charge on any atom is -0.329 e. The van der Waals surface area contributed by atoms with Crippen LogP contribution in [-0.4, -0.2) is 20.5 Å². The van der Waals surface area contributed by atoms with Gasteiger partial charge in [-0.05, 0) is 55.7 Å². The summed E-state index contributed by atoms with van der Waals surface area (Å²) in [5, 5.41) is 0. The van der Waals surface area contributed by atoms with E-state index in [4.69, 9.17) is 5.73 Å². The lowest BCUT2D eigenvalue weighted by atomic mass is 9.98. The van der Waals surface area contributed by atoms with E-state index in [9.17, 15) is 8.42 Å². The Morgan fingerprint density at radius 1 is 1.29 bits per heavy atom. The fraction of sp³-hybridized carbons (Fsp3) is 0.625. The molecule has 0 amide bonds. The van der Waals surface area contributed by atoms with Gasteiger partial charge in [-0.2, -0.15) is 0 Å². The Balaban J connectivity index is 2.15. The first kappa shape index (κ1) is 16.5. The molecule has 5 heteroatoms. The Morgan fingerprint density at radius 3 is 2.29 bits per heavy atom. The van der Waals surface area contributed by atoms with E-state index in [1.807, 2.05) is 19.1 Å². The molecule has 1 aromatic rings. The van der Waals surface area contributed by atoms with Gasteiger partial charge in [-0.25, -0.2) is 13.1 Å². The average Bonchev–Trinajstić information content (AvgIpc) is 3.22. The zero-order valence-electron chi connectivity index (χ0n) is 13.1. The summed E-state index contributed by atoms with van der Waals surface area (Å²) in [5.41, 5.74) is 6.41. The van der Waals surface area contributed by atoms with Crippen LogP contribution in [0.4, 0.5) is 0 Å². The van der Waals surface area contributed by atoms with Crippen molar-refractivity contribution < 1.29 is 8.42 Å². The van der Waals surface area contributed by atoms with Crippen LogP contribution < -0.4 is 10.5 Å². The molecule has 1 fully saturated rings. The highest BCUT2D eigenvalue weighted by Gasteiger charge is 2.43. The molecule has 0 aromatic heterocycles. The lowest BCUT2D eigenvalue weighted by molar-refractivity contribution is 0.374. The topological polar surface area (TPSA) is 72.2 Å². The van der Waals surface area contributed by atoms with Gasteiger partial charge < -0.3 is 5.73 Å².